The van der Waals surface area contributed by atoms with Gasteiger partial charge in [0.2, 0.25) is 5.13 Å². The summed E-state index contributed by atoms with van der Waals surface area (Å²) in [4.78, 5) is 4.36. The summed E-state index contributed by atoms with van der Waals surface area (Å²) in [7, 11) is 0. The Bertz CT molecular complexity index is 476. The highest BCUT2D eigenvalue weighted by molar-refractivity contribution is 7.15. The standard InChI is InChI=1S/C12H19N5S/c1-3-5-10-13-7-8-17(10)9-11-15-16-12(18-11)14-6-4-2/h7-8H,3-6,9H2,1-2H3,(H,14,16). The van der Waals surface area contributed by atoms with E-state index in [0.29, 0.717) is 0 Å². The molecular formula is C12H19N5S. The Morgan fingerprint density at radius 3 is 2.94 bits per heavy atom. The molecule has 0 unspecified atom stereocenters. The van der Waals surface area contributed by atoms with E-state index in [-0.39, 0.29) is 0 Å². The Labute approximate surface area is 111 Å². The highest BCUT2D eigenvalue weighted by atomic mass is 32.1. The average Bonchev–Trinajstić information content (AvgIpc) is 2.98. The zero-order valence-electron chi connectivity index (χ0n) is 10.9. The molecule has 2 aromatic heterocycles. The van der Waals surface area contributed by atoms with E-state index in [1.54, 1.807) is 11.3 Å². The smallest absolute Gasteiger partial charge is 0.205 e. The summed E-state index contributed by atoms with van der Waals surface area (Å²) in [5, 5.41) is 13.5. The van der Waals surface area contributed by atoms with Gasteiger partial charge < -0.3 is 9.88 Å². The van der Waals surface area contributed by atoms with E-state index in [1.807, 2.05) is 12.4 Å². The van der Waals surface area contributed by atoms with Crippen molar-refractivity contribution < 1.29 is 0 Å². The maximum absolute atomic E-state index is 4.36. The molecule has 5 nitrogen and oxygen atoms in total. The molecule has 0 amide bonds. The van der Waals surface area contributed by atoms with Crippen molar-refractivity contribution in [3.63, 3.8) is 0 Å². The molecule has 2 rings (SSSR count). The van der Waals surface area contributed by atoms with Crippen LogP contribution in [0.3, 0.4) is 0 Å². The SMILES string of the molecule is CCCNc1nnc(Cn2ccnc2CCC)s1. The molecule has 0 aromatic carbocycles. The van der Waals surface area contributed by atoms with E-state index in [0.717, 1.165) is 48.3 Å². The maximum atomic E-state index is 4.36. The first kappa shape index (κ1) is 13.0. The van der Waals surface area contributed by atoms with Gasteiger partial charge in [0.05, 0.1) is 6.54 Å². The number of hydrogen-bond donors (Lipinski definition) is 1. The minimum Gasteiger partial charge on any atom is -0.360 e. The van der Waals surface area contributed by atoms with E-state index in [9.17, 15) is 0 Å². The van der Waals surface area contributed by atoms with Crippen molar-refractivity contribution in [2.75, 3.05) is 11.9 Å². The summed E-state index contributed by atoms with van der Waals surface area (Å²) in [5.74, 6) is 1.12. The number of nitrogens with one attached hydrogen (secondary N) is 1. The van der Waals surface area contributed by atoms with Gasteiger partial charge in [-0.3, -0.25) is 0 Å². The van der Waals surface area contributed by atoms with Gasteiger partial charge in [0, 0.05) is 25.4 Å². The molecule has 0 aliphatic rings. The van der Waals surface area contributed by atoms with Crippen LogP contribution >= 0.6 is 11.3 Å². The Morgan fingerprint density at radius 2 is 2.17 bits per heavy atom. The fourth-order valence-corrected chi connectivity index (χ4v) is 2.47. The van der Waals surface area contributed by atoms with Crippen molar-refractivity contribution in [1.82, 2.24) is 19.7 Å². The zero-order chi connectivity index (χ0) is 12.8. The fourth-order valence-electron chi connectivity index (χ4n) is 1.70. The van der Waals surface area contributed by atoms with Crippen LogP contribution in [0, 0.1) is 0 Å². The summed E-state index contributed by atoms with van der Waals surface area (Å²) in [6.07, 6.45) is 7.06. The molecule has 0 saturated carbocycles. The quantitative estimate of drug-likeness (QED) is 0.836. The Morgan fingerprint density at radius 1 is 1.28 bits per heavy atom. The summed E-state index contributed by atoms with van der Waals surface area (Å²) in [6.45, 7) is 6.01. The number of anilines is 1. The number of aromatic nitrogens is 4. The number of nitrogens with zero attached hydrogens (tertiary/aromatic N) is 4. The first-order valence-electron chi connectivity index (χ1n) is 6.39. The third-order valence-corrected chi connectivity index (χ3v) is 3.44. The molecule has 0 spiro atoms. The highest BCUT2D eigenvalue weighted by Gasteiger charge is 2.07. The zero-order valence-corrected chi connectivity index (χ0v) is 11.7. The van der Waals surface area contributed by atoms with Crippen molar-refractivity contribution in [3.8, 4) is 0 Å². The van der Waals surface area contributed by atoms with Crippen LogP contribution in [-0.4, -0.2) is 26.3 Å². The molecule has 18 heavy (non-hydrogen) atoms. The average molecular weight is 265 g/mol. The Kier molecular flexibility index (Phi) is 4.69. The monoisotopic (exact) mass is 265 g/mol. The van der Waals surface area contributed by atoms with Gasteiger partial charge in [-0.1, -0.05) is 25.2 Å². The second-order valence-electron chi connectivity index (χ2n) is 4.15. The van der Waals surface area contributed by atoms with Gasteiger partial charge in [0.1, 0.15) is 10.8 Å². The lowest BCUT2D eigenvalue weighted by molar-refractivity contribution is 0.697. The van der Waals surface area contributed by atoms with Crippen LogP contribution in [0.15, 0.2) is 12.4 Å². The van der Waals surface area contributed by atoms with E-state index in [1.165, 1.54) is 0 Å². The second-order valence-corrected chi connectivity index (χ2v) is 5.21. The third-order valence-electron chi connectivity index (χ3n) is 2.57. The normalized spacial score (nSPS) is 10.8. The van der Waals surface area contributed by atoms with Crippen LogP contribution in [0.5, 0.6) is 0 Å². The Balaban J connectivity index is 1.99. The largest absolute Gasteiger partial charge is 0.360 e. The predicted molar refractivity (Wildman–Crippen MR) is 74.0 cm³/mol. The molecule has 2 heterocycles. The Hall–Kier alpha value is -1.43. The van der Waals surface area contributed by atoms with Crippen LogP contribution in [0.4, 0.5) is 5.13 Å². The fraction of sp³-hybridized carbons (Fsp3) is 0.583. The van der Waals surface area contributed by atoms with Gasteiger partial charge in [-0.05, 0) is 12.8 Å². The van der Waals surface area contributed by atoms with Crippen molar-refractivity contribution >= 4 is 16.5 Å². The molecule has 2 aromatic rings. The van der Waals surface area contributed by atoms with Gasteiger partial charge in [0.25, 0.3) is 0 Å². The first-order valence-corrected chi connectivity index (χ1v) is 7.21. The van der Waals surface area contributed by atoms with Gasteiger partial charge >= 0.3 is 0 Å². The molecule has 1 N–H and O–H groups in total. The van der Waals surface area contributed by atoms with E-state index in [2.05, 4.69) is 38.9 Å². The number of rotatable bonds is 7. The predicted octanol–water partition coefficient (Wildman–Crippen LogP) is 2.56. The number of imidazole rings is 1. The van der Waals surface area contributed by atoms with E-state index in [4.69, 9.17) is 0 Å². The van der Waals surface area contributed by atoms with Gasteiger partial charge in [-0.15, -0.1) is 10.2 Å². The minimum atomic E-state index is 0.765. The van der Waals surface area contributed by atoms with Crippen LogP contribution in [0.25, 0.3) is 0 Å². The van der Waals surface area contributed by atoms with Crippen molar-refractivity contribution in [3.05, 3.63) is 23.2 Å². The molecule has 0 atom stereocenters. The van der Waals surface area contributed by atoms with Crippen LogP contribution in [-0.2, 0) is 13.0 Å². The number of aryl methyl sites for hydroxylation is 1. The van der Waals surface area contributed by atoms with Crippen molar-refractivity contribution in [2.45, 2.75) is 39.7 Å². The molecule has 0 fully saturated rings. The van der Waals surface area contributed by atoms with Crippen LogP contribution in [0.1, 0.15) is 37.5 Å². The molecule has 6 heteroatoms. The van der Waals surface area contributed by atoms with Crippen molar-refractivity contribution in [2.24, 2.45) is 0 Å². The lowest BCUT2D eigenvalue weighted by Gasteiger charge is -2.03. The summed E-state index contributed by atoms with van der Waals surface area (Å²) in [5.41, 5.74) is 0. The lowest BCUT2D eigenvalue weighted by atomic mass is 10.3. The first-order chi connectivity index (χ1) is 8.83. The maximum Gasteiger partial charge on any atom is 0.205 e. The topological polar surface area (TPSA) is 55.6 Å². The lowest BCUT2D eigenvalue weighted by Crippen LogP contribution is -2.03. The molecule has 98 valence electrons. The summed E-state index contributed by atoms with van der Waals surface area (Å²) in [6, 6.07) is 0. The van der Waals surface area contributed by atoms with Crippen LogP contribution < -0.4 is 5.32 Å². The summed E-state index contributed by atoms with van der Waals surface area (Å²) >= 11 is 1.62. The van der Waals surface area contributed by atoms with Crippen molar-refractivity contribution in [1.29, 1.82) is 0 Å². The molecular weight excluding hydrogens is 246 g/mol. The van der Waals surface area contributed by atoms with Gasteiger partial charge in [-0.25, -0.2) is 4.98 Å². The molecule has 0 bridgehead atoms. The molecule has 0 aliphatic heterocycles. The molecule has 0 aliphatic carbocycles. The van der Waals surface area contributed by atoms with Gasteiger partial charge in [0.15, 0.2) is 0 Å². The molecule has 0 radical (unpaired) electrons. The minimum absolute atomic E-state index is 0.765. The van der Waals surface area contributed by atoms with E-state index < -0.39 is 0 Å². The summed E-state index contributed by atoms with van der Waals surface area (Å²) < 4.78 is 2.15. The van der Waals surface area contributed by atoms with Crippen LogP contribution in [0.2, 0.25) is 0 Å². The molecule has 0 saturated heterocycles. The number of hydrogen-bond acceptors (Lipinski definition) is 5. The third kappa shape index (κ3) is 3.29. The highest BCUT2D eigenvalue weighted by Crippen LogP contribution is 2.17. The second kappa shape index (κ2) is 6.49. The van der Waals surface area contributed by atoms with E-state index >= 15 is 0 Å². The van der Waals surface area contributed by atoms with Gasteiger partial charge in [-0.2, -0.15) is 0 Å².